The molecule has 1 aromatic carbocycles. The molecular weight excluding hydrogens is 280 g/mol. The third-order valence-corrected chi connectivity index (χ3v) is 3.42. The zero-order valence-electron chi connectivity index (χ0n) is 12.8. The Morgan fingerprint density at radius 3 is 2.68 bits per heavy atom. The van der Waals surface area contributed by atoms with Crippen molar-refractivity contribution >= 4 is 11.5 Å². The van der Waals surface area contributed by atoms with Crippen LogP contribution >= 0.6 is 0 Å². The van der Waals surface area contributed by atoms with Crippen LogP contribution in [0, 0.1) is 10.1 Å². The molecule has 0 aliphatic rings. The molecule has 2 aromatic rings. The molecule has 0 saturated heterocycles. The SMILES string of the molecule is CCN(C)Cc1cccc(CNc2ccc([N+](=O)[O-])cn2)c1. The Labute approximate surface area is 129 Å². The minimum Gasteiger partial charge on any atom is -0.366 e. The number of nitrogens with zero attached hydrogens (tertiary/aromatic N) is 3. The first-order chi connectivity index (χ1) is 10.6. The van der Waals surface area contributed by atoms with E-state index in [1.54, 1.807) is 6.07 Å². The van der Waals surface area contributed by atoms with E-state index in [0.717, 1.165) is 18.7 Å². The highest BCUT2D eigenvalue weighted by Crippen LogP contribution is 2.13. The molecule has 0 fully saturated rings. The summed E-state index contributed by atoms with van der Waals surface area (Å²) < 4.78 is 0. The van der Waals surface area contributed by atoms with Gasteiger partial charge in [-0.1, -0.05) is 31.2 Å². The van der Waals surface area contributed by atoms with Gasteiger partial charge in [-0.05, 0) is 30.8 Å². The molecule has 2 rings (SSSR count). The smallest absolute Gasteiger partial charge is 0.287 e. The van der Waals surface area contributed by atoms with Gasteiger partial charge in [-0.3, -0.25) is 10.1 Å². The number of hydrogen-bond acceptors (Lipinski definition) is 5. The molecular formula is C16H20N4O2. The third-order valence-electron chi connectivity index (χ3n) is 3.42. The van der Waals surface area contributed by atoms with Crippen molar-refractivity contribution in [1.82, 2.24) is 9.88 Å². The monoisotopic (exact) mass is 300 g/mol. The maximum atomic E-state index is 10.6. The van der Waals surface area contributed by atoms with E-state index in [-0.39, 0.29) is 5.69 Å². The molecule has 22 heavy (non-hydrogen) atoms. The predicted molar refractivity (Wildman–Crippen MR) is 86.7 cm³/mol. The fourth-order valence-corrected chi connectivity index (χ4v) is 2.05. The van der Waals surface area contributed by atoms with Crippen LogP contribution in [0.4, 0.5) is 11.5 Å². The molecule has 116 valence electrons. The van der Waals surface area contributed by atoms with Crippen LogP contribution in [-0.2, 0) is 13.1 Å². The summed E-state index contributed by atoms with van der Waals surface area (Å²) in [6.45, 7) is 4.69. The van der Waals surface area contributed by atoms with Gasteiger partial charge in [0.1, 0.15) is 12.0 Å². The third kappa shape index (κ3) is 4.53. The number of anilines is 1. The quantitative estimate of drug-likeness (QED) is 0.628. The van der Waals surface area contributed by atoms with Crippen LogP contribution in [0.1, 0.15) is 18.1 Å². The van der Waals surface area contributed by atoms with Gasteiger partial charge < -0.3 is 10.2 Å². The van der Waals surface area contributed by atoms with Gasteiger partial charge in [0, 0.05) is 19.2 Å². The van der Waals surface area contributed by atoms with Crippen LogP contribution in [-0.4, -0.2) is 28.4 Å². The first-order valence-electron chi connectivity index (χ1n) is 7.19. The summed E-state index contributed by atoms with van der Waals surface area (Å²) in [7, 11) is 2.09. The van der Waals surface area contributed by atoms with Gasteiger partial charge in [-0.2, -0.15) is 0 Å². The summed E-state index contributed by atoms with van der Waals surface area (Å²) in [5.41, 5.74) is 2.41. The van der Waals surface area contributed by atoms with Crippen molar-refractivity contribution < 1.29 is 4.92 Å². The number of benzene rings is 1. The molecule has 0 saturated carbocycles. The molecule has 0 aliphatic carbocycles. The summed E-state index contributed by atoms with van der Waals surface area (Å²) in [5, 5.41) is 13.8. The average Bonchev–Trinajstić information content (AvgIpc) is 2.53. The number of rotatable bonds is 7. The van der Waals surface area contributed by atoms with Crippen LogP contribution in [0.15, 0.2) is 42.6 Å². The average molecular weight is 300 g/mol. The van der Waals surface area contributed by atoms with E-state index in [9.17, 15) is 10.1 Å². The first kappa shape index (κ1) is 15.9. The van der Waals surface area contributed by atoms with Gasteiger partial charge in [0.25, 0.3) is 5.69 Å². The van der Waals surface area contributed by atoms with Gasteiger partial charge in [0.15, 0.2) is 0 Å². The Morgan fingerprint density at radius 2 is 2.05 bits per heavy atom. The van der Waals surface area contributed by atoms with E-state index in [4.69, 9.17) is 0 Å². The molecule has 1 aromatic heterocycles. The molecule has 1 heterocycles. The van der Waals surface area contributed by atoms with Crippen LogP contribution in [0.2, 0.25) is 0 Å². The van der Waals surface area contributed by atoms with Crippen molar-refractivity contribution in [2.75, 3.05) is 18.9 Å². The highest BCUT2D eigenvalue weighted by molar-refractivity contribution is 5.41. The van der Waals surface area contributed by atoms with Crippen molar-refractivity contribution in [2.24, 2.45) is 0 Å². The number of nitrogens with one attached hydrogen (secondary N) is 1. The standard InChI is InChI=1S/C16H20N4O2/c1-3-19(2)12-14-6-4-5-13(9-14)10-17-16-8-7-15(11-18-16)20(21)22/h4-9,11H,3,10,12H2,1-2H3,(H,17,18). The van der Waals surface area contributed by atoms with E-state index < -0.39 is 4.92 Å². The Balaban J connectivity index is 1.96. The van der Waals surface area contributed by atoms with E-state index in [1.807, 2.05) is 12.1 Å². The van der Waals surface area contributed by atoms with E-state index >= 15 is 0 Å². The normalized spacial score (nSPS) is 10.7. The van der Waals surface area contributed by atoms with Crippen LogP contribution in [0.25, 0.3) is 0 Å². The van der Waals surface area contributed by atoms with Crippen molar-refractivity contribution in [3.05, 3.63) is 63.8 Å². The zero-order chi connectivity index (χ0) is 15.9. The molecule has 0 aliphatic heterocycles. The van der Waals surface area contributed by atoms with E-state index in [1.165, 1.54) is 17.8 Å². The van der Waals surface area contributed by atoms with E-state index in [0.29, 0.717) is 12.4 Å². The Hall–Kier alpha value is -2.47. The van der Waals surface area contributed by atoms with Gasteiger partial charge >= 0.3 is 0 Å². The second-order valence-electron chi connectivity index (χ2n) is 5.16. The maximum Gasteiger partial charge on any atom is 0.287 e. The number of pyridine rings is 1. The summed E-state index contributed by atoms with van der Waals surface area (Å²) in [4.78, 5) is 16.4. The summed E-state index contributed by atoms with van der Waals surface area (Å²) in [6.07, 6.45) is 1.26. The lowest BCUT2D eigenvalue weighted by Crippen LogP contribution is -2.16. The highest BCUT2D eigenvalue weighted by Gasteiger charge is 2.05. The second kappa shape index (κ2) is 7.51. The molecule has 0 unspecified atom stereocenters. The van der Waals surface area contributed by atoms with Crippen LogP contribution in [0.5, 0.6) is 0 Å². The molecule has 0 amide bonds. The lowest BCUT2D eigenvalue weighted by Gasteiger charge is -2.14. The fourth-order valence-electron chi connectivity index (χ4n) is 2.05. The van der Waals surface area contributed by atoms with Crippen molar-refractivity contribution in [3.8, 4) is 0 Å². The summed E-state index contributed by atoms with van der Waals surface area (Å²) in [6, 6.07) is 11.4. The molecule has 6 heteroatoms. The second-order valence-corrected chi connectivity index (χ2v) is 5.16. The summed E-state index contributed by atoms with van der Waals surface area (Å²) in [5.74, 6) is 0.627. The molecule has 1 N–H and O–H groups in total. The summed E-state index contributed by atoms with van der Waals surface area (Å²) >= 11 is 0. The topological polar surface area (TPSA) is 71.3 Å². The van der Waals surface area contributed by atoms with Crippen molar-refractivity contribution in [1.29, 1.82) is 0 Å². The number of nitro groups is 1. The van der Waals surface area contributed by atoms with E-state index in [2.05, 4.69) is 41.3 Å². The zero-order valence-corrected chi connectivity index (χ0v) is 12.8. The van der Waals surface area contributed by atoms with Gasteiger partial charge in [-0.25, -0.2) is 4.98 Å². The first-order valence-corrected chi connectivity index (χ1v) is 7.19. The lowest BCUT2D eigenvalue weighted by molar-refractivity contribution is -0.385. The number of aromatic nitrogens is 1. The highest BCUT2D eigenvalue weighted by atomic mass is 16.6. The number of hydrogen-bond donors (Lipinski definition) is 1. The fraction of sp³-hybridized carbons (Fsp3) is 0.312. The molecule has 0 bridgehead atoms. The van der Waals surface area contributed by atoms with Gasteiger partial charge in [-0.15, -0.1) is 0 Å². The minimum atomic E-state index is -0.454. The van der Waals surface area contributed by atoms with Gasteiger partial charge in [0.2, 0.25) is 0 Å². The Morgan fingerprint density at radius 1 is 1.27 bits per heavy atom. The minimum absolute atomic E-state index is 0.00449. The molecule has 0 spiro atoms. The van der Waals surface area contributed by atoms with Crippen molar-refractivity contribution in [3.63, 3.8) is 0 Å². The van der Waals surface area contributed by atoms with Crippen molar-refractivity contribution in [2.45, 2.75) is 20.0 Å². The molecule has 6 nitrogen and oxygen atoms in total. The molecule has 0 atom stereocenters. The van der Waals surface area contributed by atoms with Gasteiger partial charge in [0.05, 0.1) is 4.92 Å². The largest absolute Gasteiger partial charge is 0.366 e. The Kier molecular flexibility index (Phi) is 5.43. The maximum absolute atomic E-state index is 10.6. The predicted octanol–water partition coefficient (Wildman–Crippen LogP) is 3.05. The molecule has 0 radical (unpaired) electrons. The lowest BCUT2D eigenvalue weighted by atomic mass is 10.1. The van der Waals surface area contributed by atoms with Crippen LogP contribution in [0.3, 0.4) is 0 Å². The Bertz CT molecular complexity index is 628. The van der Waals surface area contributed by atoms with Crippen LogP contribution < -0.4 is 5.32 Å².